The van der Waals surface area contributed by atoms with Crippen LogP contribution in [0.3, 0.4) is 0 Å². The third-order valence-corrected chi connectivity index (χ3v) is 6.48. The number of carboxylic acid groups (broad SMARTS) is 1. The second-order valence-electron chi connectivity index (χ2n) is 9.16. The minimum absolute atomic E-state index is 0.216. The zero-order valence-electron chi connectivity index (χ0n) is 20.1. The number of halogens is 2. The number of fused-ring (bicyclic) bond motifs is 1. The van der Waals surface area contributed by atoms with Gasteiger partial charge in [0.15, 0.2) is 11.5 Å². The molecule has 0 unspecified atom stereocenters. The third-order valence-electron chi connectivity index (χ3n) is 6.23. The third kappa shape index (κ3) is 5.79. The molecule has 3 aromatic carbocycles. The number of aliphatic carboxylic acids is 1. The van der Waals surface area contributed by atoms with Gasteiger partial charge in [-0.2, -0.15) is 0 Å². The van der Waals surface area contributed by atoms with Gasteiger partial charge in [-0.05, 0) is 54.8 Å². The van der Waals surface area contributed by atoms with E-state index in [1.54, 1.807) is 42.5 Å². The van der Waals surface area contributed by atoms with E-state index in [0.717, 1.165) is 11.1 Å². The maximum absolute atomic E-state index is 14.3. The van der Waals surface area contributed by atoms with Crippen LogP contribution < -0.4 is 9.47 Å². The average molecular weight is 512 g/mol. The van der Waals surface area contributed by atoms with Gasteiger partial charge in [0.05, 0.1) is 7.11 Å². The van der Waals surface area contributed by atoms with E-state index in [0.29, 0.717) is 46.9 Å². The molecule has 0 spiro atoms. The summed E-state index contributed by atoms with van der Waals surface area (Å²) in [6.07, 6.45) is 1.26. The monoisotopic (exact) mass is 511 g/mol. The number of benzene rings is 3. The van der Waals surface area contributed by atoms with E-state index in [-0.39, 0.29) is 12.4 Å². The molecule has 1 aliphatic rings. The van der Waals surface area contributed by atoms with E-state index in [9.17, 15) is 19.1 Å². The fourth-order valence-corrected chi connectivity index (χ4v) is 4.65. The summed E-state index contributed by atoms with van der Waals surface area (Å²) in [5, 5.41) is 10.0. The fourth-order valence-electron chi connectivity index (χ4n) is 4.52. The smallest absolute Gasteiger partial charge is 0.323 e. The van der Waals surface area contributed by atoms with Gasteiger partial charge < -0.3 is 19.5 Å². The second-order valence-corrected chi connectivity index (χ2v) is 9.60. The molecule has 1 aliphatic heterocycles. The Hall–Kier alpha value is -3.58. The summed E-state index contributed by atoms with van der Waals surface area (Å²) in [5.74, 6) is -0.936. The minimum Gasteiger partial charge on any atom is -0.493 e. The van der Waals surface area contributed by atoms with E-state index in [2.05, 4.69) is 0 Å². The van der Waals surface area contributed by atoms with Crippen LogP contribution in [0, 0.1) is 5.82 Å². The highest BCUT2D eigenvalue weighted by Crippen LogP contribution is 2.44. The number of methoxy groups -OCH3 is 1. The highest BCUT2D eigenvalue weighted by atomic mass is 35.5. The SMILES string of the molecule is COc1cc(C(=O)N(CCc2ccc(Cl)cc2)CC(=O)O)cc2c1O[C@@](C)(Cc1ccccc1F)C2. The first-order valence-electron chi connectivity index (χ1n) is 11.6. The van der Waals surface area contributed by atoms with E-state index in [4.69, 9.17) is 21.1 Å². The number of hydrogen-bond donors (Lipinski definition) is 1. The summed E-state index contributed by atoms with van der Waals surface area (Å²) in [7, 11) is 1.48. The van der Waals surface area contributed by atoms with Crippen molar-refractivity contribution in [1.82, 2.24) is 4.90 Å². The van der Waals surface area contributed by atoms with Crippen molar-refractivity contribution >= 4 is 23.5 Å². The molecule has 0 radical (unpaired) electrons. The van der Waals surface area contributed by atoms with Gasteiger partial charge in [-0.1, -0.05) is 41.9 Å². The molecule has 3 aromatic rings. The topological polar surface area (TPSA) is 76.1 Å². The van der Waals surface area contributed by atoms with Crippen LogP contribution in [0.5, 0.6) is 11.5 Å². The van der Waals surface area contributed by atoms with E-state index >= 15 is 0 Å². The van der Waals surface area contributed by atoms with Crippen molar-refractivity contribution in [3.05, 3.63) is 93.8 Å². The van der Waals surface area contributed by atoms with Gasteiger partial charge in [0.1, 0.15) is 18.0 Å². The van der Waals surface area contributed by atoms with Crippen LogP contribution in [-0.4, -0.2) is 47.7 Å². The normalized spacial score (nSPS) is 16.2. The van der Waals surface area contributed by atoms with Crippen molar-refractivity contribution in [2.75, 3.05) is 20.2 Å². The number of rotatable bonds is 9. The zero-order valence-corrected chi connectivity index (χ0v) is 20.8. The molecular formula is C28H27ClFNO5. The Balaban J connectivity index is 1.57. The lowest BCUT2D eigenvalue weighted by Gasteiger charge is -2.24. The van der Waals surface area contributed by atoms with Crippen molar-refractivity contribution in [3.8, 4) is 11.5 Å². The number of carbonyl (C=O) groups excluding carboxylic acids is 1. The van der Waals surface area contributed by atoms with Gasteiger partial charge in [-0.25, -0.2) is 4.39 Å². The van der Waals surface area contributed by atoms with Gasteiger partial charge in [-0.15, -0.1) is 0 Å². The Morgan fingerprint density at radius 2 is 1.89 bits per heavy atom. The molecule has 36 heavy (non-hydrogen) atoms. The van der Waals surface area contributed by atoms with Crippen molar-refractivity contribution < 1.29 is 28.6 Å². The number of amides is 1. The fraction of sp³-hybridized carbons (Fsp3) is 0.286. The molecule has 1 atom stereocenters. The molecule has 0 aliphatic carbocycles. The Bertz CT molecular complexity index is 1280. The molecule has 0 fully saturated rings. The Kier molecular flexibility index (Phi) is 7.50. The summed E-state index contributed by atoms with van der Waals surface area (Å²) in [6, 6.07) is 17.0. The van der Waals surface area contributed by atoms with Crippen molar-refractivity contribution in [3.63, 3.8) is 0 Å². The lowest BCUT2D eigenvalue weighted by atomic mass is 9.91. The lowest BCUT2D eigenvalue weighted by molar-refractivity contribution is -0.137. The van der Waals surface area contributed by atoms with Gasteiger partial charge in [0.2, 0.25) is 0 Å². The quantitative estimate of drug-likeness (QED) is 0.427. The molecule has 1 N–H and O–H groups in total. The predicted molar refractivity (Wildman–Crippen MR) is 135 cm³/mol. The number of hydrogen-bond acceptors (Lipinski definition) is 4. The Morgan fingerprint density at radius 3 is 2.56 bits per heavy atom. The van der Waals surface area contributed by atoms with Gasteiger partial charge in [0, 0.05) is 35.5 Å². The van der Waals surface area contributed by atoms with Crippen LogP contribution in [0.15, 0.2) is 60.7 Å². The first kappa shape index (κ1) is 25.5. The molecule has 0 aromatic heterocycles. The summed E-state index contributed by atoms with van der Waals surface area (Å²) >= 11 is 5.94. The standard InChI is InChI=1S/C28H27ClFNO5/c1-28(15-19-5-3-4-6-23(19)30)16-21-13-20(14-24(35-2)26(21)36-28)27(34)31(17-25(32)33)12-11-18-7-9-22(29)10-8-18/h3-10,13-14H,11-12,15-17H2,1-2H3,(H,32,33)/t28-/m0/s1. The summed E-state index contributed by atoms with van der Waals surface area (Å²) in [5.41, 5.74) is 1.81. The molecule has 4 rings (SSSR count). The second kappa shape index (κ2) is 10.6. The Labute approximate surface area is 214 Å². The van der Waals surface area contributed by atoms with Gasteiger partial charge in [-0.3, -0.25) is 9.59 Å². The highest BCUT2D eigenvalue weighted by Gasteiger charge is 2.38. The molecule has 188 valence electrons. The molecule has 8 heteroatoms. The summed E-state index contributed by atoms with van der Waals surface area (Å²) in [6.45, 7) is 1.67. The zero-order chi connectivity index (χ0) is 25.9. The van der Waals surface area contributed by atoms with Crippen LogP contribution in [0.1, 0.15) is 34.0 Å². The number of carbonyl (C=O) groups is 2. The van der Waals surface area contributed by atoms with Crippen LogP contribution >= 0.6 is 11.6 Å². The molecule has 6 nitrogen and oxygen atoms in total. The average Bonchev–Trinajstić information content (AvgIpc) is 3.18. The van der Waals surface area contributed by atoms with Crippen LogP contribution in [0.2, 0.25) is 5.02 Å². The number of nitrogens with zero attached hydrogens (tertiary/aromatic N) is 1. The molecule has 0 saturated heterocycles. The maximum Gasteiger partial charge on any atom is 0.323 e. The first-order valence-corrected chi connectivity index (χ1v) is 11.9. The number of carboxylic acids is 1. The van der Waals surface area contributed by atoms with E-state index < -0.39 is 24.0 Å². The molecular weight excluding hydrogens is 485 g/mol. The van der Waals surface area contributed by atoms with Crippen LogP contribution in [0.25, 0.3) is 0 Å². The van der Waals surface area contributed by atoms with E-state index in [1.807, 2.05) is 19.1 Å². The van der Waals surface area contributed by atoms with Crippen LogP contribution in [0.4, 0.5) is 4.39 Å². The summed E-state index contributed by atoms with van der Waals surface area (Å²) < 4.78 is 26.0. The van der Waals surface area contributed by atoms with Crippen LogP contribution in [-0.2, 0) is 24.1 Å². The van der Waals surface area contributed by atoms with Gasteiger partial charge in [0.25, 0.3) is 5.91 Å². The largest absolute Gasteiger partial charge is 0.493 e. The molecule has 1 amide bonds. The van der Waals surface area contributed by atoms with E-state index in [1.165, 1.54) is 18.1 Å². The van der Waals surface area contributed by atoms with Gasteiger partial charge >= 0.3 is 5.97 Å². The molecule has 0 bridgehead atoms. The van der Waals surface area contributed by atoms with Crippen molar-refractivity contribution in [2.45, 2.75) is 31.8 Å². The van der Waals surface area contributed by atoms with Crippen molar-refractivity contribution in [2.24, 2.45) is 0 Å². The molecule has 0 saturated carbocycles. The number of ether oxygens (including phenoxy) is 2. The minimum atomic E-state index is -1.10. The highest BCUT2D eigenvalue weighted by molar-refractivity contribution is 6.30. The first-order chi connectivity index (χ1) is 17.2. The predicted octanol–water partition coefficient (Wildman–Crippen LogP) is 5.19. The maximum atomic E-state index is 14.3. The summed E-state index contributed by atoms with van der Waals surface area (Å²) in [4.78, 5) is 26.2. The Morgan fingerprint density at radius 1 is 1.17 bits per heavy atom. The van der Waals surface area contributed by atoms with Crippen molar-refractivity contribution in [1.29, 1.82) is 0 Å². The molecule has 1 heterocycles. The lowest BCUT2D eigenvalue weighted by Crippen LogP contribution is -2.37.